The summed E-state index contributed by atoms with van der Waals surface area (Å²) < 4.78 is 29.9. The Morgan fingerprint density at radius 3 is 2.50 bits per heavy atom. The van der Waals surface area contributed by atoms with Crippen LogP contribution in [0.3, 0.4) is 0 Å². The Labute approximate surface area is 120 Å². The number of aryl methyl sites for hydroxylation is 1. The van der Waals surface area contributed by atoms with Crippen molar-refractivity contribution in [3.05, 3.63) is 11.4 Å². The Kier molecular flexibility index (Phi) is 4.22. The summed E-state index contributed by atoms with van der Waals surface area (Å²) in [5.41, 5.74) is 6.46. The number of hydrogen-bond acceptors (Lipinski definition) is 4. The number of hydrogen-bond donors (Lipinski definition) is 2. The van der Waals surface area contributed by atoms with Crippen molar-refractivity contribution < 1.29 is 8.42 Å². The maximum Gasteiger partial charge on any atom is 0.244 e. The first kappa shape index (κ1) is 15.5. The van der Waals surface area contributed by atoms with E-state index in [9.17, 15) is 8.42 Å². The fourth-order valence-corrected chi connectivity index (χ4v) is 4.82. The smallest absolute Gasteiger partial charge is 0.244 e. The second kappa shape index (κ2) is 5.46. The van der Waals surface area contributed by atoms with Crippen molar-refractivity contribution in [1.82, 2.24) is 14.5 Å². The molecule has 0 saturated heterocycles. The molecule has 2 rings (SSSR count). The third-order valence-electron chi connectivity index (χ3n) is 4.26. The number of nitrogens with zero attached hydrogens (tertiary/aromatic N) is 2. The molecular weight excluding hydrogens is 276 g/mol. The van der Waals surface area contributed by atoms with E-state index in [-0.39, 0.29) is 5.54 Å². The summed E-state index contributed by atoms with van der Waals surface area (Å²) in [4.78, 5) is 0.311. The van der Waals surface area contributed by atoms with Gasteiger partial charge in [-0.2, -0.15) is 5.10 Å². The van der Waals surface area contributed by atoms with Crippen LogP contribution in [0.1, 0.15) is 44.0 Å². The maximum absolute atomic E-state index is 12.7. The van der Waals surface area contributed by atoms with Gasteiger partial charge in [-0.3, -0.25) is 4.68 Å². The highest BCUT2D eigenvalue weighted by Crippen LogP contribution is 2.36. The van der Waals surface area contributed by atoms with Gasteiger partial charge in [0.25, 0.3) is 0 Å². The molecule has 0 aliphatic heterocycles. The lowest BCUT2D eigenvalue weighted by Gasteiger charge is -2.41. The second-order valence-corrected chi connectivity index (χ2v) is 7.22. The van der Waals surface area contributed by atoms with Gasteiger partial charge in [0.15, 0.2) is 0 Å². The monoisotopic (exact) mass is 300 g/mol. The minimum Gasteiger partial charge on any atom is -0.329 e. The second-order valence-electron chi connectivity index (χ2n) is 5.60. The molecule has 1 aliphatic rings. The molecule has 1 aromatic heterocycles. The van der Waals surface area contributed by atoms with Gasteiger partial charge in [-0.15, -0.1) is 0 Å². The van der Waals surface area contributed by atoms with E-state index < -0.39 is 10.0 Å². The number of aromatic nitrogens is 2. The first-order chi connectivity index (χ1) is 9.35. The average Bonchev–Trinajstić information content (AvgIpc) is 2.60. The van der Waals surface area contributed by atoms with Crippen LogP contribution in [0.4, 0.5) is 0 Å². The number of sulfonamides is 1. The van der Waals surface area contributed by atoms with Crippen LogP contribution in [0.5, 0.6) is 0 Å². The van der Waals surface area contributed by atoms with Crippen LogP contribution in [0, 0.1) is 13.8 Å². The molecule has 0 radical (unpaired) electrons. The Morgan fingerprint density at radius 1 is 1.40 bits per heavy atom. The average molecular weight is 300 g/mol. The minimum atomic E-state index is -3.52. The van der Waals surface area contributed by atoms with Crippen molar-refractivity contribution in [2.45, 2.75) is 63.4 Å². The molecule has 0 spiro atoms. The van der Waals surface area contributed by atoms with E-state index in [0.29, 0.717) is 29.4 Å². The largest absolute Gasteiger partial charge is 0.329 e. The van der Waals surface area contributed by atoms with Crippen LogP contribution in [0.25, 0.3) is 0 Å². The van der Waals surface area contributed by atoms with E-state index in [1.54, 1.807) is 18.5 Å². The van der Waals surface area contributed by atoms with Gasteiger partial charge in [0.1, 0.15) is 4.90 Å². The summed E-state index contributed by atoms with van der Waals surface area (Å²) >= 11 is 0. The van der Waals surface area contributed by atoms with E-state index in [4.69, 9.17) is 5.73 Å². The lowest BCUT2D eigenvalue weighted by molar-refractivity contribution is 0.214. The van der Waals surface area contributed by atoms with Crippen LogP contribution in [0.15, 0.2) is 4.90 Å². The van der Waals surface area contributed by atoms with Gasteiger partial charge in [0.2, 0.25) is 10.0 Å². The highest BCUT2D eigenvalue weighted by molar-refractivity contribution is 7.89. The quantitative estimate of drug-likeness (QED) is 0.822. The Morgan fingerprint density at radius 2 is 2.05 bits per heavy atom. The summed E-state index contributed by atoms with van der Waals surface area (Å²) in [6.07, 6.45) is 3.73. The van der Waals surface area contributed by atoms with Crippen molar-refractivity contribution in [3.63, 3.8) is 0 Å². The molecule has 1 saturated carbocycles. The van der Waals surface area contributed by atoms with Gasteiger partial charge in [0, 0.05) is 12.1 Å². The van der Waals surface area contributed by atoms with Gasteiger partial charge in [0.05, 0.1) is 17.9 Å². The molecule has 0 unspecified atom stereocenters. The molecule has 1 fully saturated rings. The summed E-state index contributed by atoms with van der Waals surface area (Å²) in [5.74, 6) is 0. The molecule has 0 aromatic carbocycles. The topological polar surface area (TPSA) is 90.0 Å². The lowest BCUT2D eigenvalue weighted by atomic mass is 9.76. The third kappa shape index (κ3) is 2.62. The standard InChI is InChI=1S/C13H24N4O2S/c1-4-13(6-5-7-13)16-20(18,19)12-10(2)15-17(9-8-14)11(12)3/h16H,4-9,14H2,1-3H3. The van der Waals surface area contributed by atoms with Crippen molar-refractivity contribution in [2.24, 2.45) is 5.73 Å². The Bertz CT molecular complexity index is 582. The summed E-state index contributed by atoms with van der Waals surface area (Å²) in [6.45, 7) is 6.51. The molecular formula is C13H24N4O2S. The SMILES string of the molecule is CCC1(NS(=O)(=O)c2c(C)nn(CCN)c2C)CCC1. The first-order valence-corrected chi connectivity index (χ1v) is 8.61. The Balaban J connectivity index is 2.34. The van der Waals surface area contributed by atoms with Crippen molar-refractivity contribution in [2.75, 3.05) is 6.54 Å². The van der Waals surface area contributed by atoms with Crippen LogP contribution >= 0.6 is 0 Å². The first-order valence-electron chi connectivity index (χ1n) is 7.13. The van der Waals surface area contributed by atoms with Gasteiger partial charge < -0.3 is 5.73 Å². The van der Waals surface area contributed by atoms with Crippen LogP contribution in [0.2, 0.25) is 0 Å². The highest BCUT2D eigenvalue weighted by Gasteiger charge is 2.40. The zero-order valence-electron chi connectivity index (χ0n) is 12.4. The molecule has 20 heavy (non-hydrogen) atoms. The zero-order valence-corrected chi connectivity index (χ0v) is 13.3. The fourth-order valence-electron chi connectivity index (χ4n) is 2.88. The zero-order chi connectivity index (χ0) is 15.0. The summed E-state index contributed by atoms with van der Waals surface area (Å²) in [7, 11) is -3.52. The van der Waals surface area contributed by atoms with Crippen LogP contribution < -0.4 is 10.5 Å². The third-order valence-corrected chi connectivity index (χ3v) is 6.09. The number of rotatable bonds is 6. The predicted octanol–water partition coefficient (Wildman–Crippen LogP) is 1.07. The van der Waals surface area contributed by atoms with Crippen LogP contribution in [-0.2, 0) is 16.6 Å². The van der Waals surface area contributed by atoms with Gasteiger partial charge >= 0.3 is 0 Å². The minimum absolute atomic E-state index is 0.256. The molecule has 1 heterocycles. The van der Waals surface area contributed by atoms with Crippen molar-refractivity contribution in [3.8, 4) is 0 Å². The summed E-state index contributed by atoms with van der Waals surface area (Å²) in [6, 6.07) is 0. The Hall–Kier alpha value is -0.920. The fraction of sp³-hybridized carbons (Fsp3) is 0.769. The normalized spacial score (nSPS) is 18.0. The molecule has 1 aliphatic carbocycles. The van der Waals surface area contributed by atoms with E-state index >= 15 is 0 Å². The van der Waals surface area contributed by atoms with Crippen molar-refractivity contribution in [1.29, 1.82) is 0 Å². The molecule has 114 valence electrons. The maximum atomic E-state index is 12.7. The van der Waals surface area contributed by atoms with E-state index in [0.717, 1.165) is 25.7 Å². The number of nitrogens with one attached hydrogen (secondary N) is 1. The van der Waals surface area contributed by atoms with E-state index in [1.165, 1.54) is 0 Å². The number of nitrogens with two attached hydrogens (primary N) is 1. The predicted molar refractivity (Wildman–Crippen MR) is 77.9 cm³/mol. The van der Waals surface area contributed by atoms with Gasteiger partial charge in [-0.25, -0.2) is 13.1 Å². The molecule has 1 aromatic rings. The van der Waals surface area contributed by atoms with Crippen molar-refractivity contribution >= 4 is 10.0 Å². The molecule has 0 atom stereocenters. The molecule has 6 nitrogen and oxygen atoms in total. The van der Waals surface area contributed by atoms with Gasteiger partial charge in [-0.1, -0.05) is 6.92 Å². The van der Waals surface area contributed by atoms with E-state index in [2.05, 4.69) is 9.82 Å². The molecule has 0 bridgehead atoms. The molecule has 0 amide bonds. The molecule has 3 N–H and O–H groups in total. The van der Waals surface area contributed by atoms with Gasteiger partial charge in [-0.05, 0) is 39.5 Å². The van der Waals surface area contributed by atoms with Crippen LogP contribution in [-0.4, -0.2) is 30.3 Å². The summed E-state index contributed by atoms with van der Waals surface area (Å²) in [5, 5.41) is 4.28. The van der Waals surface area contributed by atoms with E-state index in [1.807, 2.05) is 6.92 Å². The molecule has 7 heteroatoms. The lowest BCUT2D eigenvalue weighted by Crippen LogP contribution is -2.52. The highest BCUT2D eigenvalue weighted by atomic mass is 32.2.